The Morgan fingerprint density at radius 2 is 2.39 bits per heavy atom. The first-order valence-corrected chi connectivity index (χ1v) is 6.52. The molecule has 2 rings (SSSR count). The van der Waals surface area contributed by atoms with Crippen LogP contribution in [0.5, 0.6) is 0 Å². The maximum atomic E-state index is 11.6. The van der Waals surface area contributed by atoms with E-state index in [1.807, 2.05) is 12.3 Å². The molecule has 2 heterocycles. The first-order chi connectivity index (χ1) is 8.63. The number of hydrogen-bond acceptors (Lipinski definition) is 5. The first-order valence-electron chi connectivity index (χ1n) is 5.64. The molecular weight excluding hydrogens is 250 g/mol. The Morgan fingerprint density at radius 1 is 1.61 bits per heavy atom. The molecule has 0 bridgehead atoms. The second kappa shape index (κ2) is 5.22. The van der Waals surface area contributed by atoms with Gasteiger partial charge in [-0.25, -0.2) is 9.78 Å². The molecule has 5 nitrogen and oxygen atoms in total. The van der Waals surface area contributed by atoms with E-state index < -0.39 is 5.97 Å². The van der Waals surface area contributed by atoms with Gasteiger partial charge in [0.05, 0.1) is 19.5 Å². The number of hydrogen-bond donors (Lipinski definition) is 1. The van der Waals surface area contributed by atoms with Crippen LogP contribution in [0.15, 0.2) is 17.8 Å². The average molecular weight is 265 g/mol. The molecule has 2 aromatic heterocycles. The van der Waals surface area contributed by atoms with Gasteiger partial charge in [0.25, 0.3) is 0 Å². The summed E-state index contributed by atoms with van der Waals surface area (Å²) in [5.74, 6) is -0.127. The summed E-state index contributed by atoms with van der Waals surface area (Å²) in [6, 6.07) is 2.05. The Kier molecular flexibility index (Phi) is 3.66. The van der Waals surface area contributed by atoms with E-state index in [1.165, 1.54) is 10.4 Å². The Balaban J connectivity index is 2.21. The summed E-state index contributed by atoms with van der Waals surface area (Å²) in [5.41, 5.74) is 7.31. The predicted molar refractivity (Wildman–Crippen MR) is 70.8 cm³/mol. The van der Waals surface area contributed by atoms with Gasteiger partial charge in [0.1, 0.15) is 5.82 Å². The summed E-state index contributed by atoms with van der Waals surface area (Å²) in [7, 11) is 0. The first kappa shape index (κ1) is 12.6. The van der Waals surface area contributed by atoms with E-state index in [9.17, 15) is 4.79 Å². The molecule has 2 aromatic rings. The number of aromatic nitrogens is 2. The van der Waals surface area contributed by atoms with Crippen LogP contribution in [0.25, 0.3) is 0 Å². The molecule has 0 saturated heterocycles. The third-order valence-corrected chi connectivity index (χ3v) is 3.64. The van der Waals surface area contributed by atoms with E-state index >= 15 is 0 Å². The van der Waals surface area contributed by atoms with Gasteiger partial charge in [0.15, 0.2) is 5.69 Å². The number of ether oxygens (including phenoxy) is 1. The molecule has 0 aliphatic heterocycles. The van der Waals surface area contributed by atoms with Crippen molar-refractivity contribution in [3.05, 3.63) is 33.9 Å². The molecule has 2 N–H and O–H groups in total. The Morgan fingerprint density at radius 3 is 3.00 bits per heavy atom. The number of carbonyl (C=O) groups excluding carboxylic acids is 1. The standard InChI is InChI=1S/C12H15N3O2S/c1-3-17-12(16)10-11(13)15(7-14-10)6-9-8(2)4-5-18-9/h4-5,7H,3,6,13H2,1-2H3. The third kappa shape index (κ3) is 2.38. The Hall–Kier alpha value is -1.82. The van der Waals surface area contributed by atoms with Gasteiger partial charge in [0, 0.05) is 4.88 Å². The number of imidazole rings is 1. The number of nitrogen functional groups attached to an aromatic ring is 1. The zero-order valence-corrected chi connectivity index (χ0v) is 11.2. The van der Waals surface area contributed by atoms with Crippen LogP contribution in [0.1, 0.15) is 27.9 Å². The lowest BCUT2D eigenvalue weighted by molar-refractivity contribution is 0.0521. The largest absolute Gasteiger partial charge is 0.461 e. The Labute approximate surface area is 109 Å². The number of esters is 1. The summed E-state index contributed by atoms with van der Waals surface area (Å²) < 4.78 is 6.64. The number of nitrogens with zero attached hydrogens (tertiary/aromatic N) is 2. The fourth-order valence-corrected chi connectivity index (χ4v) is 2.50. The van der Waals surface area contributed by atoms with E-state index in [2.05, 4.69) is 11.1 Å². The lowest BCUT2D eigenvalue weighted by atomic mass is 10.3. The van der Waals surface area contributed by atoms with E-state index in [1.54, 1.807) is 29.2 Å². The van der Waals surface area contributed by atoms with Gasteiger partial charge >= 0.3 is 5.97 Å². The van der Waals surface area contributed by atoms with Crippen LogP contribution in [0, 0.1) is 6.92 Å². The van der Waals surface area contributed by atoms with Crippen LogP contribution in [-0.2, 0) is 11.3 Å². The summed E-state index contributed by atoms with van der Waals surface area (Å²) in [6.07, 6.45) is 1.57. The summed E-state index contributed by atoms with van der Waals surface area (Å²) in [4.78, 5) is 16.8. The van der Waals surface area contributed by atoms with Gasteiger partial charge in [-0.05, 0) is 30.9 Å². The number of anilines is 1. The molecule has 0 amide bonds. The Bertz CT molecular complexity index is 559. The van der Waals surface area contributed by atoms with Crippen molar-refractivity contribution in [2.75, 3.05) is 12.3 Å². The molecule has 0 fully saturated rings. The van der Waals surface area contributed by atoms with Gasteiger partial charge in [-0.3, -0.25) is 0 Å². The fourth-order valence-electron chi connectivity index (χ4n) is 1.60. The summed E-state index contributed by atoms with van der Waals surface area (Å²) >= 11 is 1.66. The number of rotatable bonds is 4. The molecular formula is C12H15N3O2S. The smallest absolute Gasteiger partial charge is 0.360 e. The highest BCUT2D eigenvalue weighted by Crippen LogP contribution is 2.20. The highest BCUT2D eigenvalue weighted by Gasteiger charge is 2.17. The van der Waals surface area contributed by atoms with Crippen molar-refractivity contribution in [1.29, 1.82) is 0 Å². The molecule has 0 unspecified atom stereocenters. The average Bonchev–Trinajstić information content (AvgIpc) is 2.89. The van der Waals surface area contributed by atoms with Crippen LogP contribution in [-0.4, -0.2) is 22.1 Å². The van der Waals surface area contributed by atoms with Crippen LogP contribution in [0.4, 0.5) is 5.82 Å². The summed E-state index contributed by atoms with van der Waals surface area (Å²) in [6.45, 7) is 4.74. The quantitative estimate of drug-likeness (QED) is 0.859. The second-order valence-electron chi connectivity index (χ2n) is 3.85. The molecule has 0 radical (unpaired) electrons. The van der Waals surface area contributed by atoms with Crippen molar-refractivity contribution in [1.82, 2.24) is 9.55 Å². The van der Waals surface area contributed by atoms with Gasteiger partial charge in [-0.1, -0.05) is 0 Å². The predicted octanol–water partition coefficient (Wildman–Crippen LogP) is 2.06. The van der Waals surface area contributed by atoms with E-state index in [-0.39, 0.29) is 5.69 Å². The van der Waals surface area contributed by atoms with Crippen molar-refractivity contribution in [2.45, 2.75) is 20.4 Å². The van der Waals surface area contributed by atoms with Crippen LogP contribution >= 0.6 is 11.3 Å². The third-order valence-electron chi connectivity index (χ3n) is 2.63. The molecule has 0 saturated carbocycles. The van der Waals surface area contributed by atoms with E-state index in [4.69, 9.17) is 10.5 Å². The minimum atomic E-state index is -0.475. The normalized spacial score (nSPS) is 10.6. The molecule has 0 aromatic carbocycles. The highest BCUT2D eigenvalue weighted by molar-refractivity contribution is 7.10. The highest BCUT2D eigenvalue weighted by atomic mass is 32.1. The molecule has 6 heteroatoms. The van der Waals surface area contributed by atoms with Gasteiger partial charge in [0.2, 0.25) is 0 Å². The van der Waals surface area contributed by atoms with Gasteiger partial charge in [-0.2, -0.15) is 0 Å². The van der Waals surface area contributed by atoms with Crippen molar-refractivity contribution in [2.24, 2.45) is 0 Å². The van der Waals surface area contributed by atoms with Crippen molar-refractivity contribution in [3.63, 3.8) is 0 Å². The number of thiophene rings is 1. The lowest BCUT2D eigenvalue weighted by Crippen LogP contribution is -2.10. The zero-order chi connectivity index (χ0) is 13.1. The maximum Gasteiger partial charge on any atom is 0.360 e. The number of aryl methyl sites for hydroxylation is 1. The number of nitrogens with two attached hydrogens (primary N) is 1. The van der Waals surface area contributed by atoms with Gasteiger partial charge in [-0.15, -0.1) is 11.3 Å². The molecule has 96 valence electrons. The van der Waals surface area contributed by atoms with Crippen LogP contribution < -0.4 is 5.73 Å². The van der Waals surface area contributed by atoms with Crippen LogP contribution in [0.2, 0.25) is 0 Å². The molecule has 0 aliphatic rings. The monoisotopic (exact) mass is 265 g/mol. The van der Waals surface area contributed by atoms with Gasteiger partial charge < -0.3 is 15.0 Å². The van der Waals surface area contributed by atoms with Crippen molar-refractivity contribution in [3.8, 4) is 0 Å². The minimum Gasteiger partial charge on any atom is -0.461 e. The topological polar surface area (TPSA) is 70.1 Å². The van der Waals surface area contributed by atoms with E-state index in [0.717, 1.165) is 0 Å². The minimum absolute atomic E-state index is 0.186. The molecule has 18 heavy (non-hydrogen) atoms. The van der Waals surface area contributed by atoms with Crippen molar-refractivity contribution < 1.29 is 9.53 Å². The van der Waals surface area contributed by atoms with Crippen molar-refractivity contribution >= 4 is 23.1 Å². The SMILES string of the molecule is CCOC(=O)c1ncn(Cc2sccc2C)c1N. The molecule has 0 atom stereocenters. The lowest BCUT2D eigenvalue weighted by Gasteiger charge is -2.05. The maximum absolute atomic E-state index is 11.6. The second-order valence-corrected chi connectivity index (χ2v) is 4.85. The molecule has 0 spiro atoms. The van der Waals surface area contributed by atoms with E-state index in [0.29, 0.717) is 19.0 Å². The fraction of sp³-hybridized carbons (Fsp3) is 0.333. The molecule has 0 aliphatic carbocycles. The zero-order valence-electron chi connectivity index (χ0n) is 10.3. The summed E-state index contributed by atoms with van der Waals surface area (Å²) in [5, 5.41) is 2.03. The van der Waals surface area contributed by atoms with Crippen LogP contribution in [0.3, 0.4) is 0 Å². The number of carbonyl (C=O) groups is 1.